The van der Waals surface area contributed by atoms with Gasteiger partial charge in [0.25, 0.3) is 0 Å². The van der Waals surface area contributed by atoms with Crippen LogP contribution in [-0.4, -0.2) is 35.4 Å². The van der Waals surface area contributed by atoms with Crippen molar-refractivity contribution in [3.05, 3.63) is 51.7 Å². The van der Waals surface area contributed by atoms with Gasteiger partial charge in [0.2, 0.25) is 5.91 Å². The number of thiazole rings is 1. The molecule has 2 aromatic rings. The molecule has 136 valence electrons. The zero-order valence-electron chi connectivity index (χ0n) is 15.0. The molecule has 2 rings (SSSR count). The highest BCUT2D eigenvalue weighted by molar-refractivity contribution is 7.09. The maximum Gasteiger partial charge on any atom is 0.228 e. The number of hydrogen-bond donors (Lipinski definition) is 1. The Labute approximate surface area is 152 Å². The van der Waals surface area contributed by atoms with E-state index in [4.69, 9.17) is 5.73 Å². The molecule has 0 radical (unpaired) electrons. The van der Waals surface area contributed by atoms with Gasteiger partial charge in [-0.05, 0) is 30.0 Å². The van der Waals surface area contributed by atoms with Gasteiger partial charge in [-0.2, -0.15) is 0 Å². The number of nitrogens with two attached hydrogens (primary N) is 1. The molecule has 0 spiro atoms. The highest BCUT2D eigenvalue weighted by atomic mass is 32.1. The first kappa shape index (κ1) is 19.5. The fourth-order valence-corrected chi connectivity index (χ4v) is 3.21. The third-order valence-electron chi connectivity index (χ3n) is 4.28. The number of amides is 1. The second-order valence-corrected chi connectivity index (χ2v) is 7.67. The van der Waals surface area contributed by atoms with Gasteiger partial charge in [0.05, 0.1) is 17.1 Å². The van der Waals surface area contributed by atoms with Gasteiger partial charge in [0.1, 0.15) is 5.82 Å². The van der Waals surface area contributed by atoms with E-state index in [1.54, 1.807) is 24.1 Å². The molecule has 0 fully saturated rings. The summed E-state index contributed by atoms with van der Waals surface area (Å²) in [5.74, 6) is 0.222. The first-order chi connectivity index (χ1) is 11.8. The van der Waals surface area contributed by atoms with E-state index in [-0.39, 0.29) is 17.8 Å². The Morgan fingerprint density at radius 1 is 1.32 bits per heavy atom. The standard InChI is InChI=1S/C19H26FN3OS/c1-13(2)17(21)8-9-23(3)19(24)11-16-12-25-18(22-16)10-14-4-6-15(20)7-5-14/h4-7,12-13,17H,8-11,21H2,1-3H3. The summed E-state index contributed by atoms with van der Waals surface area (Å²) in [6.07, 6.45) is 1.75. The van der Waals surface area contributed by atoms with Crippen LogP contribution in [0.1, 0.15) is 36.5 Å². The summed E-state index contributed by atoms with van der Waals surface area (Å²) in [5, 5.41) is 2.85. The van der Waals surface area contributed by atoms with E-state index in [2.05, 4.69) is 18.8 Å². The maximum atomic E-state index is 12.9. The molecule has 6 heteroatoms. The molecule has 0 saturated carbocycles. The number of likely N-dealkylation sites (N-methyl/N-ethyl adjacent to an activating group) is 1. The summed E-state index contributed by atoms with van der Waals surface area (Å²) in [4.78, 5) is 18.6. The predicted molar refractivity (Wildman–Crippen MR) is 100 cm³/mol. The SMILES string of the molecule is CC(C)C(N)CCN(C)C(=O)Cc1csc(Cc2ccc(F)cc2)n1. The second kappa shape index (κ2) is 9.06. The summed E-state index contributed by atoms with van der Waals surface area (Å²) in [6, 6.07) is 6.52. The van der Waals surface area contributed by atoms with Crippen molar-refractivity contribution in [2.45, 2.75) is 39.2 Å². The average Bonchev–Trinajstić information content (AvgIpc) is 3.01. The Hall–Kier alpha value is -1.79. The summed E-state index contributed by atoms with van der Waals surface area (Å²) in [6.45, 7) is 4.83. The molecule has 1 aromatic carbocycles. The molecular weight excluding hydrogens is 337 g/mol. The van der Waals surface area contributed by atoms with Crippen molar-refractivity contribution in [1.29, 1.82) is 0 Å². The average molecular weight is 364 g/mol. The second-order valence-electron chi connectivity index (χ2n) is 6.72. The molecule has 1 amide bonds. The van der Waals surface area contributed by atoms with Crippen LogP contribution in [0.3, 0.4) is 0 Å². The Balaban J connectivity index is 1.85. The van der Waals surface area contributed by atoms with Crippen molar-refractivity contribution < 1.29 is 9.18 Å². The van der Waals surface area contributed by atoms with Gasteiger partial charge < -0.3 is 10.6 Å². The van der Waals surface area contributed by atoms with Crippen molar-refractivity contribution >= 4 is 17.2 Å². The predicted octanol–water partition coefficient (Wildman–Crippen LogP) is 3.25. The molecule has 0 bridgehead atoms. The van der Waals surface area contributed by atoms with Crippen molar-refractivity contribution in [2.24, 2.45) is 11.7 Å². The molecular formula is C19H26FN3OS. The van der Waals surface area contributed by atoms with Gasteiger partial charge in [0, 0.05) is 31.4 Å². The van der Waals surface area contributed by atoms with Crippen molar-refractivity contribution in [3.8, 4) is 0 Å². The fourth-order valence-electron chi connectivity index (χ4n) is 2.38. The third kappa shape index (κ3) is 6.21. The monoisotopic (exact) mass is 363 g/mol. The molecule has 4 nitrogen and oxygen atoms in total. The highest BCUT2D eigenvalue weighted by Crippen LogP contribution is 2.16. The van der Waals surface area contributed by atoms with Crippen molar-refractivity contribution in [2.75, 3.05) is 13.6 Å². The minimum absolute atomic E-state index is 0.0505. The highest BCUT2D eigenvalue weighted by Gasteiger charge is 2.15. The molecule has 1 aromatic heterocycles. The topological polar surface area (TPSA) is 59.2 Å². The molecule has 0 aliphatic heterocycles. The Kier molecular flexibility index (Phi) is 7.08. The fraction of sp³-hybridized carbons (Fsp3) is 0.474. The van der Waals surface area contributed by atoms with Gasteiger partial charge in [-0.1, -0.05) is 26.0 Å². The van der Waals surface area contributed by atoms with E-state index in [9.17, 15) is 9.18 Å². The number of carbonyl (C=O) groups excluding carboxylic acids is 1. The molecule has 0 aliphatic rings. The lowest BCUT2D eigenvalue weighted by Gasteiger charge is -2.21. The number of benzene rings is 1. The first-order valence-electron chi connectivity index (χ1n) is 8.52. The lowest BCUT2D eigenvalue weighted by Crippen LogP contribution is -2.35. The van der Waals surface area contributed by atoms with Gasteiger partial charge >= 0.3 is 0 Å². The Bertz CT molecular complexity index is 684. The minimum Gasteiger partial charge on any atom is -0.345 e. The van der Waals surface area contributed by atoms with Crippen LogP contribution in [0.4, 0.5) is 4.39 Å². The van der Waals surface area contributed by atoms with Crippen LogP contribution in [0.2, 0.25) is 0 Å². The van der Waals surface area contributed by atoms with E-state index in [0.29, 0.717) is 25.3 Å². The quantitative estimate of drug-likeness (QED) is 0.783. The number of hydrogen-bond acceptors (Lipinski definition) is 4. The van der Waals surface area contributed by atoms with Gasteiger partial charge in [0.15, 0.2) is 0 Å². The molecule has 1 heterocycles. The van der Waals surface area contributed by atoms with Crippen LogP contribution in [0.15, 0.2) is 29.6 Å². The lowest BCUT2D eigenvalue weighted by atomic mass is 10.0. The van der Waals surface area contributed by atoms with E-state index >= 15 is 0 Å². The van der Waals surface area contributed by atoms with Crippen molar-refractivity contribution in [1.82, 2.24) is 9.88 Å². The molecule has 1 atom stereocenters. The number of halogens is 1. The smallest absolute Gasteiger partial charge is 0.228 e. The van der Waals surface area contributed by atoms with E-state index in [0.717, 1.165) is 22.7 Å². The lowest BCUT2D eigenvalue weighted by molar-refractivity contribution is -0.129. The summed E-state index contributed by atoms with van der Waals surface area (Å²) < 4.78 is 12.9. The summed E-state index contributed by atoms with van der Waals surface area (Å²) in [5.41, 5.74) is 7.82. The van der Waals surface area contributed by atoms with Crippen LogP contribution >= 0.6 is 11.3 Å². The maximum absolute atomic E-state index is 12.9. The van der Waals surface area contributed by atoms with Gasteiger partial charge in [-0.25, -0.2) is 9.37 Å². The van der Waals surface area contributed by atoms with E-state index in [1.807, 2.05) is 5.38 Å². The molecule has 25 heavy (non-hydrogen) atoms. The van der Waals surface area contributed by atoms with E-state index < -0.39 is 0 Å². The Morgan fingerprint density at radius 2 is 2.00 bits per heavy atom. The zero-order valence-corrected chi connectivity index (χ0v) is 15.9. The van der Waals surface area contributed by atoms with Crippen LogP contribution in [-0.2, 0) is 17.6 Å². The number of aromatic nitrogens is 1. The zero-order chi connectivity index (χ0) is 18.4. The molecule has 1 unspecified atom stereocenters. The van der Waals surface area contributed by atoms with Gasteiger partial charge in [-0.15, -0.1) is 11.3 Å². The summed E-state index contributed by atoms with van der Waals surface area (Å²) >= 11 is 1.53. The molecule has 0 aliphatic carbocycles. The first-order valence-corrected chi connectivity index (χ1v) is 9.40. The largest absolute Gasteiger partial charge is 0.345 e. The minimum atomic E-state index is -0.241. The Morgan fingerprint density at radius 3 is 2.64 bits per heavy atom. The van der Waals surface area contributed by atoms with Crippen LogP contribution in [0.25, 0.3) is 0 Å². The number of nitrogens with zero attached hydrogens (tertiary/aromatic N) is 2. The molecule has 2 N–H and O–H groups in total. The van der Waals surface area contributed by atoms with E-state index in [1.165, 1.54) is 23.5 Å². The molecule has 0 saturated heterocycles. The summed E-state index contributed by atoms with van der Waals surface area (Å²) in [7, 11) is 1.81. The van der Waals surface area contributed by atoms with Crippen molar-refractivity contribution in [3.63, 3.8) is 0 Å². The van der Waals surface area contributed by atoms with Crippen LogP contribution in [0, 0.1) is 11.7 Å². The van der Waals surface area contributed by atoms with Crippen LogP contribution < -0.4 is 5.73 Å². The van der Waals surface area contributed by atoms with Gasteiger partial charge in [-0.3, -0.25) is 4.79 Å². The van der Waals surface area contributed by atoms with Crippen LogP contribution in [0.5, 0.6) is 0 Å². The number of rotatable bonds is 8. The normalized spacial score (nSPS) is 12.4. The number of carbonyl (C=O) groups is 1. The third-order valence-corrected chi connectivity index (χ3v) is 5.18.